The van der Waals surface area contributed by atoms with Crippen molar-refractivity contribution in [3.05, 3.63) is 0 Å². The lowest BCUT2D eigenvalue weighted by Crippen LogP contribution is -2.69. The Morgan fingerprint density at radius 3 is 1.62 bits per heavy atom. The molecule has 0 aromatic heterocycles. The molecule has 0 bridgehead atoms. The van der Waals surface area contributed by atoms with Crippen LogP contribution in [0.3, 0.4) is 0 Å². The normalized spacial score (nSPS) is 32.6. The Labute approximate surface area is 255 Å². The van der Waals surface area contributed by atoms with Gasteiger partial charge in [0.1, 0.15) is 37.6 Å². The van der Waals surface area contributed by atoms with E-state index in [1.54, 1.807) is 0 Å². The highest BCUT2D eigenvalue weighted by Crippen LogP contribution is 2.40. The maximum absolute atomic E-state index is 15.6. The van der Waals surface area contributed by atoms with Crippen molar-refractivity contribution in [3.8, 4) is 0 Å². The molecule has 0 aliphatic carbocycles. The Balaban J connectivity index is 2.65. The van der Waals surface area contributed by atoms with Crippen LogP contribution in [0, 0.1) is 0 Å². The maximum Gasteiger partial charge on any atom is 0.303 e. The summed E-state index contributed by atoms with van der Waals surface area (Å²) in [5.74, 6) is -5.37. The molecule has 19 nitrogen and oxygen atoms in total. The first-order chi connectivity index (χ1) is 20.8. The highest BCUT2D eigenvalue weighted by atomic mass is 31.2. The topological polar surface area (TPSA) is 258 Å². The van der Waals surface area contributed by atoms with Crippen LogP contribution in [-0.2, 0) is 75.8 Å². The van der Waals surface area contributed by atoms with Gasteiger partial charge in [-0.25, -0.2) is 4.39 Å². The van der Waals surface area contributed by atoms with Gasteiger partial charge in [-0.2, -0.15) is 0 Å². The third-order valence-electron chi connectivity index (χ3n) is 5.93. The van der Waals surface area contributed by atoms with Gasteiger partial charge in [0.25, 0.3) is 7.82 Å². The fourth-order valence-corrected chi connectivity index (χ4v) is 4.90. The van der Waals surface area contributed by atoms with Gasteiger partial charge in [0.15, 0.2) is 30.8 Å². The van der Waals surface area contributed by atoms with Gasteiger partial charge in [0, 0.05) is 41.5 Å². The number of nitrogens with one attached hydrogen (secondary N) is 1. The number of phosphoric acid groups is 1. The summed E-state index contributed by atoms with van der Waals surface area (Å²) >= 11 is 0. The number of hydrogen-bond acceptors (Lipinski definition) is 17. The summed E-state index contributed by atoms with van der Waals surface area (Å²) < 4.78 is 74.0. The molecule has 1 unspecified atom stereocenters. The van der Waals surface area contributed by atoms with Crippen molar-refractivity contribution in [2.24, 2.45) is 0 Å². The van der Waals surface area contributed by atoms with Crippen LogP contribution in [0.1, 0.15) is 41.5 Å². The van der Waals surface area contributed by atoms with E-state index in [0.717, 1.165) is 41.5 Å². The summed E-state index contributed by atoms with van der Waals surface area (Å²) in [6.45, 7) is 4.55. The highest BCUT2D eigenvalue weighted by Gasteiger charge is 2.56. The Kier molecular flexibility index (Phi) is 13.8. The second-order valence-electron chi connectivity index (χ2n) is 9.76. The van der Waals surface area contributed by atoms with Crippen LogP contribution in [-0.4, -0.2) is 115 Å². The lowest BCUT2D eigenvalue weighted by atomic mass is 9.95. The van der Waals surface area contributed by atoms with Gasteiger partial charge in [-0.15, -0.1) is 0 Å². The van der Waals surface area contributed by atoms with Gasteiger partial charge in [0.05, 0.1) is 0 Å². The molecule has 0 aromatic rings. The van der Waals surface area contributed by atoms with Crippen LogP contribution in [0.5, 0.6) is 0 Å². The number of esters is 5. The zero-order chi connectivity index (χ0) is 34.2. The SMILES string of the molecule is CC(=O)N[C@H]1[C@H](O[C@H]2[C@H](OC(C)=O)[C@@H](F)[C@@H](OP(=O)([O-])O)O[C@@H]2COC(C)=O)O[C@H](COC(C)=O)[C@@H](OC(C)=O)[C@@H]1OC(C)=O. The fourth-order valence-electron chi connectivity index (χ4n) is 4.47. The summed E-state index contributed by atoms with van der Waals surface area (Å²) in [5.41, 5.74) is 0. The molecule has 1 amide bonds. The standard InChI is InChI=1S/C24H35FNO18P/c1-9(27)26-18-22(40-14(6)32)20(38-12(4)30)16(8-37-11(3)29)42-24(18)43-19-15(7-36-10(2)28)41-23(44-45(33,34)35)17(25)21(19)39-13(5)31/h15-24H,7-8H2,1-6H3,(H,26,27)(H2,33,34,35)/p-1/t15-,16-,17-,18-,19-,20-,21-,22-,23-,24+/m1/s1. The molecule has 2 saturated heterocycles. The lowest BCUT2D eigenvalue weighted by molar-refractivity contribution is -0.339. The van der Waals surface area contributed by atoms with E-state index < -0.39 is 118 Å². The van der Waals surface area contributed by atoms with Gasteiger partial charge in [-0.05, 0) is 0 Å². The molecule has 2 N–H and O–H groups in total. The third-order valence-corrected chi connectivity index (χ3v) is 6.40. The van der Waals surface area contributed by atoms with Crippen LogP contribution in [0.15, 0.2) is 0 Å². The first kappa shape index (κ1) is 37.9. The monoisotopic (exact) mass is 674 g/mol. The van der Waals surface area contributed by atoms with Gasteiger partial charge < -0.3 is 53.0 Å². The zero-order valence-electron chi connectivity index (χ0n) is 24.9. The lowest BCUT2D eigenvalue weighted by Gasteiger charge is -2.48. The predicted octanol–water partition coefficient (Wildman–Crippen LogP) is -1.94. The van der Waals surface area contributed by atoms with Gasteiger partial charge in [0.2, 0.25) is 12.2 Å². The molecular weight excluding hydrogens is 640 g/mol. The number of ether oxygens (including phenoxy) is 8. The third kappa shape index (κ3) is 11.9. The molecule has 2 heterocycles. The van der Waals surface area contributed by atoms with Gasteiger partial charge in [-0.1, -0.05) is 0 Å². The molecule has 0 saturated carbocycles. The van der Waals surface area contributed by atoms with Crippen LogP contribution in [0.4, 0.5) is 4.39 Å². The fraction of sp³-hybridized carbons (Fsp3) is 0.750. The molecule has 21 heteroatoms. The Hall–Kier alpha value is -3.26. The predicted molar refractivity (Wildman–Crippen MR) is 136 cm³/mol. The molecule has 0 aromatic carbocycles. The van der Waals surface area contributed by atoms with E-state index in [0.29, 0.717) is 0 Å². The van der Waals surface area contributed by atoms with Gasteiger partial charge in [-0.3, -0.25) is 37.9 Å². The summed E-state index contributed by atoms with van der Waals surface area (Å²) in [5, 5.41) is 2.41. The van der Waals surface area contributed by atoms with E-state index in [2.05, 4.69) is 9.84 Å². The molecule has 2 fully saturated rings. The van der Waals surface area contributed by atoms with Crippen LogP contribution in [0.25, 0.3) is 0 Å². The Bertz CT molecular complexity index is 1160. The van der Waals surface area contributed by atoms with Crippen molar-refractivity contribution in [2.75, 3.05) is 13.2 Å². The van der Waals surface area contributed by atoms with Crippen molar-refractivity contribution < 1.29 is 89.9 Å². The number of carbonyl (C=O) groups excluding carboxylic acids is 6. The van der Waals surface area contributed by atoms with Crippen molar-refractivity contribution in [1.29, 1.82) is 0 Å². The molecule has 2 aliphatic heterocycles. The second-order valence-corrected chi connectivity index (χ2v) is 10.9. The second kappa shape index (κ2) is 16.3. The van der Waals surface area contributed by atoms with Gasteiger partial charge >= 0.3 is 29.8 Å². The minimum Gasteiger partial charge on any atom is -0.756 e. The first-order valence-electron chi connectivity index (χ1n) is 13.2. The molecule has 11 atom stereocenters. The number of amides is 1. The number of rotatable bonds is 12. The molecular formula is C24H34FNO18P-. The average molecular weight is 674 g/mol. The van der Waals surface area contributed by atoms with Crippen LogP contribution < -0.4 is 10.2 Å². The summed E-state index contributed by atoms with van der Waals surface area (Å²) in [6.07, 6.45) is -17.2. The number of carbonyl (C=O) groups is 6. The minimum atomic E-state index is -5.65. The van der Waals surface area contributed by atoms with E-state index >= 15 is 4.39 Å². The Morgan fingerprint density at radius 2 is 1.18 bits per heavy atom. The largest absolute Gasteiger partial charge is 0.756 e. The molecule has 256 valence electrons. The van der Waals surface area contributed by atoms with E-state index in [1.807, 2.05) is 0 Å². The van der Waals surface area contributed by atoms with Crippen LogP contribution >= 0.6 is 7.82 Å². The molecule has 2 rings (SSSR count). The number of alkyl halides is 1. The smallest absolute Gasteiger partial charge is 0.303 e. The van der Waals surface area contributed by atoms with Crippen molar-refractivity contribution >= 4 is 43.6 Å². The van der Waals surface area contributed by atoms with E-state index in [-0.39, 0.29) is 0 Å². The van der Waals surface area contributed by atoms with E-state index in [4.69, 9.17) is 42.8 Å². The molecule has 0 radical (unpaired) electrons. The number of hydrogen-bond donors (Lipinski definition) is 2. The molecule has 2 aliphatic rings. The van der Waals surface area contributed by atoms with Crippen molar-refractivity contribution in [2.45, 2.75) is 103 Å². The van der Waals surface area contributed by atoms with Crippen molar-refractivity contribution in [1.82, 2.24) is 5.32 Å². The Morgan fingerprint density at radius 1 is 0.733 bits per heavy atom. The zero-order valence-corrected chi connectivity index (χ0v) is 25.8. The van der Waals surface area contributed by atoms with E-state index in [1.165, 1.54) is 0 Å². The van der Waals surface area contributed by atoms with Crippen molar-refractivity contribution in [3.63, 3.8) is 0 Å². The molecule has 0 spiro atoms. The number of phosphoric ester groups is 1. The van der Waals surface area contributed by atoms with Crippen LogP contribution in [0.2, 0.25) is 0 Å². The average Bonchev–Trinajstić information content (AvgIpc) is 2.87. The summed E-state index contributed by atoms with van der Waals surface area (Å²) in [6, 6.07) is -1.57. The number of halogens is 1. The summed E-state index contributed by atoms with van der Waals surface area (Å²) in [7, 11) is -5.65. The molecule has 45 heavy (non-hydrogen) atoms. The highest BCUT2D eigenvalue weighted by molar-refractivity contribution is 7.44. The quantitative estimate of drug-likeness (QED) is 0.130. The van der Waals surface area contributed by atoms with E-state index in [9.17, 15) is 38.2 Å². The summed E-state index contributed by atoms with van der Waals surface area (Å²) in [4.78, 5) is 92.0. The maximum atomic E-state index is 15.6. The minimum absolute atomic E-state index is 0.625. The first-order valence-corrected chi connectivity index (χ1v) is 14.7.